The zero-order valence-electron chi connectivity index (χ0n) is 8.40. The van der Waals surface area contributed by atoms with E-state index in [0.29, 0.717) is 5.75 Å². The summed E-state index contributed by atoms with van der Waals surface area (Å²) in [6.07, 6.45) is 0. The van der Waals surface area contributed by atoms with Gasteiger partial charge >= 0.3 is 5.97 Å². The van der Waals surface area contributed by atoms with Crippen molar-refractivity contribution in [2.45, 2.75) is 19.0 Å². The normalized spacial score (nSPS) is 26.5. The van der Waals surface area contributed by atoms with Crippen molar-refractivity contribution >= 4 is 29.1 Å². The van der Waals surface area contributed by atoms with Gasteiger partial charge in [0, 0.05) is 21.3 Å². The lowest BCUT2D eigenvalue weighted by Crippen LogP contribution is -2.45. The molecule has 0 bridgehead atoms. The fraction of sp³-hybridized carbons (Fsp3) is 0.500. The fourth-order valence-corrected chi connectivity index (χ4v) is 3.76. The maximum Gasteiger partial charge on any atom is 0.321 e. The zero-order valence-corrected chi connectivity index (χ0v) is 10.0. The highest BCUT2D eigenvalue weighted by molar-refractivity contribution is 7.99. The van der Waals surface area contributed by atoms with Crippen molar-refractivity contribution in [3.05, 3.63) is 21.9 Å². The maximum absolute atomic E-state index is 10.9. The van der Waals surface area contributed by atoms with E-state index in [4.69, 9.17) is 5.11 Å². The van der Waals surface area contributed by atoms with Gasteiger partial charge in [0.05, 0.1) is 6.04 Å². The van der Waals surface area contributed by atoms with Crippen LogP contribution < -0.4 is 5.32 Å². The maximum atomic E-state index is 10.9. The fourth-order valence-electron chi connectivity index (χ4n) is 1.59. The summed E-state index contributed by atoms with van der Waals surface area (Å²) in [5, 5.41) is 12.1. The Morgan fingerprint density at radius 3 is 2.93 bits per heavy atom. The third-order valence-electron chi connectivity index (χ3n) is 2.37. The first kappa shape index (κ1) is 11.0. The number of thioether (sulfide) groups is 1. The van der Waals surface area contributed by atoms with Crippen LogP contribution in [0.25, 0.3) is 0 Å². The van der Waals surface area contributed by atoms with Crippen LogP contribution in [-0.2, 0) is 4.79 Å². The molecule has 82 valence electrons. The van der Waals surface area contributed by atoms with E-state index >= 15 is 0 Å². The molecule has 0 aliphatic carbocycles. The van der Waals surface area contributed by atoms with Crippen LogP contribution in [0.4, 0.5) is 0 Å². The number of thiophene rings is 1. The number of rotatable bonds is 2. The molecule has 1 aromatic heterocycles. The largest absolute Gasteiger partial charge is 0.480 e. The van der Waals surface area contributed by atoms with Gasteiger partial charge in [-0.15, -0.1) is 11.3 Å². The first-order chi connectivity index (χ1) is 7.16. The molecular formula is C10H13NO2S2. The second-order valence-corrected chi connectivity index (χ2v) is 5.99. The number of hydrogen-bond donors (Lipinski definition) is 2. The second kappa shape index (κ2) is 4.55. The van der Waals surface area contributed by atoms with Gasteiger partial charge in [0.2, 0.25) is 0 Å². The number of aryl methyl sites for hydroxylation is 1. The van der Waals surface area contributed by atoms with Crippen LogP contribution in [0.15, 0.2) is 12.1 Å². The van der Waals surface area contributed by atoms with E-state index in [1.165, 1.54) is 9.75 Å². The minimum absolute atomic E-state index is 0.198. The second-order valence-electron chi connectivity index (χ2n) is 3.60. The monoisotopic (exact) mass is 243 g/mol. The third kappa shape index (κ3) is 2.53. The summed E-state index contributed by atoms with van der Waals surface area (Å²) in [6.45, 7) is 2.07. The van der Waals surface area contributed by atoms with Crippen molar-refractivity contribution in [3.63, 3.8) is 0 Å². The Morgan fingerprint density at radius 1 is 1.53 bits per heavy atom. The molecule has 5 heteroatoms. The summed E-state index contributed by atoms with van der Waals surface area (Å²) >= 11 is 3.45. The van der Waals surface area contributed by atoms with E-state index in [1.807, 2.05) is 0 Å². The summed E-state index contributed by atoms with van der Waals surface area (Å²) in [7, 11) is 0. The predicted molar refractivity (Wildman–Crippen MR) is 63.7 cm³/mol. The highest BCUT2D eigenvalue weighted by Gasteiger charge is 2.27. The van der Waals surface area contributed by atoms with Crippen molar-refractivity contribution in [1.82, 2.24) is 5.32 Å². The molecule has 0 amide bonds. The lowest BCUT2D eigenvalue weighted by molar-refractivity contribution is -0.139. The van der Waals surface area contributed by atoms with Crippen LogP contribution in [0, 0.1) is 6.92 Å². The number of nitrogens with one attached hydrogen (secondary N) is 1. The molecule has 2 N–H and O–H groups in total. The number of aliphatic carboxylic acids is 1. The zero-order chi connectivity index (χ0) is 10.8. The number of carboxylic acids is 1. The molecule has 3 nitrogen and oxygen atoms in total. The standard InChI is InChI=1S/C10H13NO2S2/c1-6-2-3-9(15-6)7-4-14-5-8(11-7)10(12)13/h2-3,7-8,11H,4-5H2,1H3,(H,12,13). The Bertz CT molecular complexity index is 364. The summed E-state index contributed by atoms with van der Waals surface area (Å²) < 4.78 is 0. The molecule has 1 fully saturated rings. The topological polar surface area (TPSA) is 49.3 Å². The lowest BCUT2D eigenvalue weighted by atomic mass is 10.2. The molecule has 0 radical (unpaired) electrons. The van der Waals surface area contributed by atoms with E-state index in [0.717, 1.165) is 5.75 Å². The first-order valence-corrected chi connectivity index (χ1v) is 6.77. The number of carbonyl (C=O) groups is 1. The highest BCUT2D eigenvalue weighted by atomic mass is 32.2. The third-order valence-corrected chi connectivity index (χ3v) is 4.63. The quantitative estimate of drug-likeness (QED) is 0.833. The van der Waals surface area contributed by atoms with Crippen molar-refractivity contribution in [2.75, 3.05) is 11.5 Å². The molecule has 2 unspecified atom stereocenters. The average molecular weight is 243 g/mol. The van der Waals surface area contributed by atoms with E-state index < -0.39 is 12.0 Å². The van der Waals surface area contributed by atoms with Crippen LogP contribution in [0.5, 0.6) is 0 Å². The van der Waals surface area contributed by atoms with Crippen LogP contribution in [0.2, 0.25) is 0 Å². The summed E-state index contributed by atoms with van der Waals surface area (Å²) in [5.41, 5.74) is 0. The van der Waals surface area contributed by atoms with Gasteiger partial charge in [0.15, 0.2) is 0 Å². The van der Waals surface area contributed by atoms with E-state index in [-0.39, 0.29) is 6.04 Å². The van der Waals surface area contributed by atoms with Crippen molar-refractivity contribution in [2.24, 2.45) is 0 Å². The lowest BCUT2D eigenvalue weighted by Gasteiger charge is -2.27. The Kier molecular flexibility index (Phi) is 3.33. The van der Waals surface area contributed by atoms with Crippen LogP contribution in [0.1, 0.15) is 15.8 Å². The molecule has 1 aliphatic heterocycles. The van der Waals surface area contributed by atoms with Gasteiger partial charge in [-0.05, 0) is 19.1 Å². The molecule has 0 saturated carbocycles. The predicted octanol–water partition coefficient (Wildman–Crippen LogP) is 1.89. The van der Waals surface area contributed by atoms with Gasteiger partial charge in [-0.25, -0.2) is 0 Å². The molecule has 2 heterocycles. The van der Waals surface area contributed by atoms with Gasteiger partial charge in [-0.3, -0.25) is 10.1 Å². The summed E-state index contributed by atoms with van der Waals surface area (Å²) in [6, 6.07) is 3.96. The van der Waals surface area contributed by atoms with Crippen LogP contribution >= 0.6 is 23.1 Å². The van der Waals surface area contributed by atoms with Crippen molar-refractivity contribution in [3.8, 4) is 0 Å². The highest BCUT2D eigenvalue weighted by Crippen LogP contribution is 2.29. The minimum atomic E-state index is -0.750. The Hall–Kier alpha value is -0.520. The Morgan fingerprint density at radius 2 is 2.33 bits per heavy atom. The number of carboxylic acid groups (broad SMARTS) is 1. The molecule has 2 atom stereocenters. The molecule has 2 rings (SSSR count). The van der Waals surface area contributed by atoms with Gasteiger partial charge in [0.1, 0.15) is 6.04 Å². The SMILES string of the molecule is Cc1ccc(C2CSCC(C(=O)O)N2)s1. The first-order valence-electron chi connectivity index (χ1n) is 4.80. The summed E-state index contributed by atoms with van der Waals surface area (Å²) in [5.74, 6) is 0.875. The van der Waals surface area contributed by atoms with Gasteiger partial charge in [-0.1, -0.05) is 0 Å². The van der Waals surface area contributed by atoms with Gasteiger partial charge in [0.25, 0.3) is 0 Å². The minimum Gasteiger partial charge on any atom is -0.480 e. The van der Waals surface area contributed by atoms with Gasteiger partial charge < -0.3 is 5.11 Å². The van der Waals surface area contributed by atoms with E-state index in [1.54, 1.807) is 23.1 Å². The number of hydrogen-bond acceptors (Lipinski definition) is 4. The average Bonchev–Trinajstić information content (AvgIpc) is 2.65. The van der Waals surface area contributed by atoms with Crippen molar-refractivity contribution < 1.29 is 9.90 Å². The van der Waals surface area contributed by atoms with Gasteiger partial charge in [-0.2, -0.15) is 11.8 Å². The Labute approximate surface area is 96.9 Å². The molecule has 1 saturated heterocycles. The Balaban J connectivity index is 2.07. The molecule has 0 spiro atoms. The molecule has 15 heavy (non-hydrogen) atoms. The summed E-state index contributed by atoms with van der Waals surface area (Å²) in [4.78, 5) is 13.4. The smallest absolute Gasteiger partial charge is 0.321 e. The van der Waals surface area contributed by atoms with Crippen LogP contribution in [-0.4, -0.2) is 28.6 Å². The molecular weight excluding hydrogens is 230 g/mol. The molecule has 1 aromatic rings. The molecule has 1 aliphatic rings. The van der Waals surface area contributed by atoms with E-state index in [9.17, 15) is 4.79 Å². The van der Waals surface area contributed by atoms with Crippen molar-refractivity contribution in [1.29, 1.82) is 0 Å². The van der Waals surface area contributed by atoms with Crippen LogP contribution in [0.3, 0.4) is 0 Å². The molecule has 0 aromatic carbocycles. The van der Waals surface area contributed by atoms with E-state index in [2.05, 4.69) is 24.4 Å².